The molecule has 2 nitrogen and oxygen atoms in total. The lowest BCUT2D eigenvalue weighted by atomic mass is 9.75. The van der Waals surface area contributed by atoms with Crippen molar-refractivity contribution in [2.75, 3.05) is 7.11 Å². The summed E-state index contributed by atoms with van der Waals surface area (Å²) in [4.78, 5) is 0. The zero-order valence-electron chi connectivity index (χ0n) is 11.3. The largest absolute Gasteiger partial charge is 0.390 e. The van der Waals surface area contributed by atoms with Crippen molar-refractivity contribution in [3.8, 4) is 0 Å². The molecule has 0 bridgehead atoms. The molecule has 0 aliphatic heterocycles. The number of aliphatic hydroxyl groups excluding tert-OH is 1. The molecule has 2 heteroatoms. The van der Waals surface area contributed by atoms with Crippen LogP contribution in [0.15, 0.2) is 0 Å². The molecule has 1 rings (SSSR count). The molecule has 0 amide bonds. The summed E-state index contributed by atoms with van der Waals surface area (Å²) in [6.45, 7) is 6.50. The molecule has 0 aromatic carbocycles. The maximum atomic E-state index is 10.4. The lowest BCUT2D eigenvalue weighted by molar-refractivity contribution is -0.0743. The van der Waals surface area contributed by atoms with Crippen molar-refractivity contribution in [1.29, 1.82) is 0 Å². The molecule has 4 atom stereocenters. The van der Waals surface area contributed by atoms with Crippen LogP contribution < -0.4 is 0 Å². The van der Waals surface area contributed by atoms with E-state index in [4.69, 9.17) is 4.74 Å². The highest BCUT2D eigenvalue weighted by Gasteiger charge is 2.33. The van der Waals surface area contributed by atoms with Crippen LogP contribution in [0.3, 0.4) is 0 Å². The fourth-order valence-electron chi connectivity index (χ4n) is 3.09. The Balaban J connectivity index is 2.54. The number of hydrogen-bond acceptors (Lipinski definition) is 2. The Hall–Kier alpha value is -0.0800. The summed E-state index contributed by atoms with van der Waals surface area (Å²) in [7, 11) is 1.72. The highest BCUT2D eigenvalue weighted by Crippen LogP contribution is 2.35. The maximum Gasteiger partial charge on any atom is 0.0855 e. The van der Waals surface area contributed by atoms with Crippen molar-refractivity contribution in [2.45, 2.75) is 65.1 Å². The summed E-state index contributed by atoms with van der Waals surface area (Å²) >= 11 is 0. The second-order valence-corrected chi connectivity index (χ2v) is 5.64. The standard InChI is InChI=1S/C14H28O2/c1-5-11-7-6-8-12(9-11)13(15)14(16-4)10(2)3/h10-15H,5-9H2,1-4H3. The van der Waals surface area contributed by atoms with E-state index < -0.39 is 0 Å². The molecule has 4 unspecified atom stereocenters. The normalized spacial score (nSPS) is 30.4. The predicted octanol–water partition coefficient (Wildman–Crippen LogP) is 3.23. The molecule has 1 fully saturated rings. The smallest absolute Gasteiger partial charge is 0.0855 e. The Kier molecular flexibility index (Phi) is 5.77. The first-order chi connectivity index (χ1) is 7.60. The summed E-state index contributed by atoms with van der Waals surface area (Å²) in [6.07, 6.45) is 5.95. The topological polar surface area (TPSA) is 29.5 Å². The highest BCUT2D eigenvalue weighted by molar-refractivity contribution is 4.83. The Bertz CT molecular complexity index is 191. The third kappa shape index (κ3) is 3.46. The van der Waals surface area contributed by atoms with E-state index in [0.29, 0.717) is 11.8 Å². The van der Waals surface area contributed by atoms with Crippen molar-refractivity contribution in [1.82, 2.24) is 0 Å². The molecule has 1 N–H and O–H groups in total. The van der Waals surface area contributed by atoms with Crippen molar-refractivity contribution >= 4 is 0 Å². The molecule has 0 heterocycles. The van der Waals surface area contributed by atoms with Gasteiger partial charge in [-0.2, -0.15) is 0 Å². The van der Waals surface area contributed by atoms with Gasteiger partial charge in [0.05, 0.1) is 12.2 Å². The molecule has 0 radical (unpaired) electrons. The molecule has 0 aromatic rings. The van der Waals surface area contributed by atoms with Gasteiger partial charge in [0.1, 0.15) is 0 Å². The Morgan fingerprint density at radius 3 is 2.50 bits per heavy atom. The first kappa shape index (κ1) is 14.0. The summed E-state index contributed by atoms with van der Waals surface area (Å²) in [5.41, 5.74) is 0. The van der Waals surface area contributed by atoms with Crippen LogP contribution in [0.25, 0.3) is 0 Å². The first-order valence-electron chi connectivity index (χ1n) is 6.81. The number of aliphatic hydroxyl groups is 1. The van der Waals surface area contributed by atoms with E-state index in [1.165, 1.54) is 32.1 Å². The van der Waals surface area contributed by atoms with E-state index in [1.807, 2.05) is 0 Å². The average Bonchev–Trinajstić information content (AvgIpc) is 2.29. The van der Waals surface area contributed by atoms with Crippen LogP contribution in [0.5, 0.6) is 0 Å². The van der Waals surface area contributed by atoms with E-state index >= 15 is 0 Å². The molecule has 96 valence electrons. The Labute approximate surface area is 100 Å². The SMILES string of the molecule is CCC1CCCC(C(O)C(OC)C(C)C)C1. The van der Waals surface area contributed by atoms with Crippen LogP contribution in [-0.2, 0) is 4.74 Å². The molecule has 1 aliphatic carbocycles. The third-order valence-electron chi connectivity index (χ3n) is 4.15. The van der Waals surface area contributed by atoms with Gasteiger partial charge in [0.25, 0.3) is 0 Å². The quantitative estimate of drug-likeness (QED) is 0.783. The number of rotatable bonds is 5. The average molecular weight is 228 g/mol. The van der Waals surface area contributed by atoms with Crippen LogP contribution in [0.4, 0.5) is 0 Å². The van der Waals surface area contributed by atoms with E-state index in [2.05, 4.69) is 20.8 Å². The molecular formula is C14H28O2. The lowest BCUT2D eigenvalue weighted by Crippen LogP contribution is -2.40. The van der Waals surface area contributed by atoms with E-state index in [-0.39, 0.29) is 12.2 Å². The van der Waals surface area contributed by atoms with Crippen LogP contribution in [0, 0.1) is 17.8 Å². The summed E-state index contributed by atoms with van der Waals surface area (Å²) in [6, 6.07) is 0. The number of methoxy groups -OCH3 is 1. The second-order valence-electron chi connectivity index (χ2n) is 5.64. The molecule has 0 saturated heterocycles. The van der Waals surface area contributed by atoms with Gasteiger partial charge >= 0.3 is 0 Å². The van der Waals surface area contributed by atoms with Gasteiger partial charge in [-0.1, -0.05) is 40.0 Å². The molecule has 16 heavy (non-hydrogen) atoms. The summed E-state index contributed by atoms with van der Waals surface area (Å²) < 4.78 is 5.45. The van der Waals surface area contributed by atoms with Gasteiger partial charge in [0.2, 0.25) is 0 Å². The highest BCUT2D eigenvalue weighted by atomic mass is 16.5. The van der Waals surface area contributed by atoms with Crippen molar-refractivity contribution in [3.63, 3.8) is 0 Å². The van der Waals surface area contributed by atoms with Gasteiger partial charge in [0.15, 0.2) is 0 Å². The second kappa shape index (κ2) is 6.61. The fraction of sp³-hybridized carbons (Fsp3) is 1.00. The lowest BCUT2D eigenvalue weighted by Gasteiger charge is -2.36. The Morgan fingerprint density at radius 1 is 1.31 bits per heavy atom. The molecular weight excluding hydrogens is 200 g/mol. The van der Waals surface area contributed by atoms with E-state index in [9.17, 15) is 5.11 Å². The van der Waals surface area contributed by atoms with Crippen LogP contribution in [0.1, 0.15) is 52.9 Å². The van der Waals surface area contributed by atoms with Gasteiger partial charge in [-0.3, -0.25) is 0 Å². The van der Waals surface area contributed by atoms with Crippen molar-refractivity contribution < 1.29 is 9.84 Å². The molecule has 1 saturated carbocycles. The van der Waals surface area contributed by atoms with Crippen LogP contribution in [0.2, 0.25) is 0 Å². The zero-order valence-corrected chi connectivity index (χ0v) is 11.3. The summed E-state index contributed by atoms with van der Waals surface area (Å²) in [5, 5.41) is 10.4. The van der Waals surface area contributed by atoms with Gasteiger partial charge < -0.3 is 9.84 Å². The van der Waals surface area contributed by atoms with Gasteiger partial charge in [0, 0.05) is 7.11 Å². The van der Waals surface area contributed by atoms with Gasteiger partial charge in [-0.25, -0.2) is 0 Å². The number of hydrogen-bond donors (Lipinski definition) is 1. The monoisotopic (exact) mass is 228 g/mol. The molecule has 0 spiro atoms. The maximum absolute atomic E-state index is 10.4. The predicted molar refractivity (Wildman–Crippen MR) is 67.4 cm³/mol. The minimum Gasteiger partial charge on any atom is -0.390 e. The molecule has 0 aromatic heterocycles. The van der Waals surface area contributed by atoms with Gasteiger partial charge in [-0.05, 0) is 30.6 Å². The van der Waals surface area contributed by atoms with Gasteiger partial charge in [-0.15, -0.1) is 0 Å². The third-order valence-corrected chi connectivity index (χ3v) is 4.15. The fourth-order valence-corrected chi connectivity index (χ4v) is 3.09. The van der Waals surface area contributed by atoms with E-state index in [0.717, 1.165) is 5.92 Å². The minimum atomic E-state index is -0.278. The Morgan fingerprint density at radius 2 is 2.00 bits per heavy atom. The van der Waals surface area contributed by atoms with Crippen LogP contribution >= 0.6 is 0 Å². The van der Waals surface area contributed by atoms with Crippen LogP contribution in [-0.4, -0.2) is 24.4 Å². The first-order valence-corrected chi connectivity index (χ1v) is 6.81. The van der Waals surface area contributed by atoms with E-state index in [1.54, 1.807) is 7.11 Å². The number of ether oxygens (including phenoxy) is 1. The molecule has 1 aliphatic rings. The summed E-state index contributed by atoms with van der Waals surface area (Å²) in [5.74, 6) is 1.66. The minimum absolute atomic E-state index is 0.000561. The van der Waals surface area contributed by atoms with Crippen molar-refractivity contribution in [2.24, 2.45) is 17.8 Å². The van der Waals surface area contributed by atoms with Crippen molar-refractivity contribution in [3.05, 3.63) is 0 Å². The zero-order chi connectivity index (χ0) is 12.1.